The Labute approximate surface area is 282 Å². The fourth-order valence-electron chi connectivity index (χ4n) is 6.10. The third kappa shape index (κ3) is 6.24. The number of amidine groups is 1. The molecule has 1 saturated carbocycles. The Kier molecular flexibility index (Phi) is 8.60. The molecule has 2 fully saturated rings. The third-order valence-electron chi connectivity index (χ3n) is 8.60. The average Bonchev–Trinajstić information content (AvgIpc) is 3.42. The van der Waals surface area contributed by atoms with Crippen LogP contribution in [0.25, 0.3) is 5.57 Å². The number of carbonyl (C=O) groups is 1. The van der Waals surface area contributed by atoms with E-state index in [2.05, 4.69) is 25.1 Å². The summed E-state index contributed by atoms with van der Waals surface area (Å²) in [6.45, 7) is -2.57. The first-order valence-electron chi connectivity index (χ1n) is 15.0. The van der Waals surface area contributed by atoms with Crippen molar-refractivity contribution in [3.63, 3.8) is 0 Å². The first-order valence-corrected chi connectivity index (χ1v) is 17.7. The van der Waals surface area contributed by atoms with Crippen LogP contribution in [0.5, 0.6) is 0 Å². The lowest BCUT2D eigenvalue weighted by molar-refractivity contribution is -0.121. The van der Waals surface area contributed by atoms with Crippen molar-refractivity contribution in [2.24, 2.45) is 4.99 Å². The van der Waals surface area contributed by atoms with Gasteiger partial charge >= 0.3 is 6.55 Å². The molecule has 11 nitrogen and oxygen atoms in total. The van der Waals surface area contributed by atoms with Crippen molar-refractivity contribution in [1.82, 2.24) is 34.7 Å². The molecule has 1 aliphatic carbocycles. The Morgan fingerprint density at radius 3 is 2.65 bits per heavy atom. The van der Waals surface area contributed by atoms with E-state index >= 15 is 0 Å². The monoisotopic (exact) mass is 716 g/mol. The number of thiazole rings is 1. The van der Waals surface area contributed by atoms with Crippen LogP contribution in [0, 0.1) is 5.82 Å². The number of carbonyl (C=O) groups excluding carboxylic acids is 1. The predicted molar refractivity (Wildman–Crippen MR) is 173 cm³/mol. The largest absolute Gasteiger partial charge is 0.350 e. The van der Waals surface area contributed by atoms with E-state index in [-0.39, 0.29) is 36.6 Å². The first-order chi connectivity index (χ1) is 23.0. The molecule has 0 unspecified atom stereocenters. The molecule has 2 N–H and O–H groups in total. The summed E-state index contributed by atoms with van der Waals surface area (Å²) in [5, 5.41) is 9.27. The molecule has 7 rings (SSSR count). The third-order valence-corrected chi connectivity index (χ3v) is 12.0. The summed E-state index contributed by atoms with van der Waals surface area (Å²) >= 11 is 7.85. The standard InChI is InChI=1S/C31H28ClF3N8O3S2/c32-22-13-18(33)4-5-21(22)27-26(23-6-11-43(40-23)30(34)35)24-14-20(17-42(24)28(39-27)29-37-10-12-47-29)41-48(45,46)31(7-8-31)15-25(44)38-16-19-3-1-2-9-36-19/h1-6,9-13,20,27,30,41H,7-8,14-17H2,(H,38,44)/t20-,27-/m0/s1. The zero-order valence-corrected chi connectivity index (χ0v) is 27.5. The molecule has 48 heavy (non-hydrogen) atoms. The maximum atomic E-state index is 14.1. The fraction of sp³-hybridized carbons (Fsp3) is 0.323. The minimum Gasteiger partial charge on any atom is -0.350 e. The lowest BCUT2D eigenvalue weighted by Gasteiger charge is -2.32. The van der Waals surface area contributed by atoms with Crippen LogP contribution in [-0.4, -0.2) is 62.1 Å². The highest BCUT2D eigenvalue weighted by molar-refractivity contribution is 7.91. The smallest absolute Gasteiger partial charge is 0.333 e. The Morgan fingerprint density at radius 2 is 1.98 bits per heavy atom. The van der Waals surface area contributed by atoms with Crippen molar-refractivity contribution in [2.45, 2.75) is 55.6 Å². The van der Waals surface area contributed by atoms with Crippen LogP contribution in [-0.2, 0) is 21.4 Å². The van der Waals surface area contributed by atoms with Crippen molar-refractivity contribution in [3.05, 3.63) is 105 Å². The van der Waals surface area contributed by atoms with E-state index in [9.17, 15) is 26.4 Å². The van der Waals surface area contributed by atoms with Crippen LogP contribution < -0.4 is 10.0 Å². The zero-order chi connectivity index (χ0) is 33.6. The van der Waals surface area contributed by atoms with E-state index in [0.717, 1.165) is 12.3 Å². The predicted octanol–water partition coefficient (Wildman–Crippen LogP) is 5.07. The topological polar surface area (TPSA) is 134 Å². The fourth-order valence-corrected chi connectivity index (χ4v) is 8.82. The second kappa shape index (κ2) is 12.7. The van der Waals surface area contributed by atoms with Gasteiger partial charge in [-0.15, -0.1) is 11.3 Å². The van der Waals surface area contributed by atoms with Gasteiger partial charge in [0.25, 0.3) is 0 Å². The Balaban J connectivity index is 1.21. The maximum absolute atomic E-state index is 14.1. The van der Waals surface area contributed by atoms with Crippen molar-refractivity contribution in [2.75, 3.05) is 6.54 Å². The second-order valence-electron chi connectivity index (χ2n) is 11.8. The number of hydrogen-bond donors (Lipinski definition) is 2. The molecule has 0 spiro atoms. The number of benzene rings is 1. The van der Waals surface area contributed by atoms with Gasteiger partial charge in [0.15, 0.2) is 10.8 Å². The van der Waals surface area contributed by atoms with Gasteiger partial charge in [0.1, 0.15) is 11.9 Å². The molecule has 0 radical (unpaired) electrons. The summed E-state index contributed by atoms with van der Waals surface area (Å²) in [5.74, 6) is -0.528. The lowest BCUT2D eigenvalue weighted by Crippen LogP contribution is -2.45. The molecule has 2 atom stereocenters. The molecular weight excluding hydrogens is 689 g/mol. The van der Waals surface area contributed by atoms with E-state index in [1.807, 2.05) is 4.90 Å². The number of aliphatic imine (C=N–C) groups is 1. The van der Waals surface area contributed by atoms with Gasteiger partial charge < -0.3 is 10.2 Å². The number of sulfonamides is 1. The zero-order valence-electron chi connectivity index (χ0n) is 25.1. The van der Waals surface area contributed by atoms with Gasteiger partial charge in [-0.3, -0.25) is 14.8 Å². The molecule has 250 valence electrons. The highest BCUT2D eigenvalue weighted by atomic mass is 35.5. The minimum atomic E-state index is -4.00. The first kappa shape index (κ1) is 32.4. The van der Waals surface area contributed by atoms with Crippen molar-refractivity contribution >= 4 is 50.3 Å². The highest BCUT2D eigenvalue weighted by Crippen LogP contribution is 2.49. The molecule has 17 heteroatoms. The SMILES string of the molecule is O=C(CC1(S(=O)(=O)N[C@H]2CC3=C(c4ccn(C(F)F)n4)[C@H](c4ccc(F)cc4Cl)N=C(c4nccs4)N3C2)CC1)NCc1ccccn1. The molecule has 1 saturated heterocycles. The normalized spacial score (nSPS) is 20.2. The summed E-state index contributed by atoms with van der Waals surface area (Å²) in [5.41, 5.74) is 2.28. The van der Waals surface area contributed by atoms with E-state index in [1.165, 1.54) is 29.5 Å². The Bertz CT molecular complexity index is 2020. The highest BCUT2D eigenvalue weighted by Gasteiger charge is 2.56. The van der Waals surface area contributed by atoms with Crippen molar-refractivity contribution < 1.29 is 26.4 Å². The summed E-state index contributed by atoms with van der Waals surface area (Å²) in [6, 6.07) is 9.06. The number of alkyl halides is 2. The van der Waals surface area contributed by atoms with Crippen LogP contribution in [0.4, 0.5) is 13.2 Å². The van der Waals surface area contributed by atoms with E-state index < -0.39 is 45.1 Å². The van der Waals surface area contributed by atoms with E-state index in [0.29, 0.717) is 50.9 Å². The minimum absolute atomic E-state index is 0.0781. The molecule has 3 aliphatic rings. The molecule has 4 aromatic rings. The van der Waals surface area contributed by atoms with Gasteiger partial charge in [-0.25, -0.2) is 27.2 Å². The summed E-state index contributed by atoms with van der Waals surface area (Å²) in [6.07, 6.45) is 4.96. The molecule has 1 aromatic carbocycles. The van der Waals surface area contributed by atoms with Gasteiger partial charge in [0.05, 0.1) is 22.7 Å². The number of nitrogens with zero attached hydrogens (tertiary/aromatic N) is 6. The lowest BCUT2D eigenvalue weighted by atomic mass is 9.92. The number of pyridine rings is 1. The summed E-state index contributed by atoms with van der Waals surface area (Å²) < 4.78 is 71.2. The van der Waals surface area contributed by atoms with Gasteiger partial charge in [-0.05, 0) is 43.2 Å². The number of amides is 1. The molecular formula is C31H28ClF3N8O3S2. The summed E-state index contributed by atoms with van der Waals surface area (Å²) in [4.78, 5) is 28.2. The number of nitrogens with one attached hydrogen (secondary N) is 2. The number of aromatic nitrogens is 4. The van der Waals surface area contributed by atoms with Crippen LogP contribution in [0.15, 0.2) is 77.1 Å². The second-order valence-corrected chi connectivity index (χ2v) is 15.2. The van der Waals surface area contributed by atoms with Crippen molar-refractivity contribution in [1.29, 1.82) is 0 Å². The Morgan fingerprint density at radius 1 is 1.15 bits per heavy atom. The summed E-state index contributed by atoms with van der Waals surface area (Å²) in [7, 11) is -4.00. The van der Waals surface area contributed by atoms with Gasteiger partial charge in [0, 0.05) is 71.3 Å². The van der Waals surface area contributed by atoms with Gasteiger partial charge in [0.2, 0.25) is 15.9 Å². The number of hydrogen-bond acceptors (Lipinski definition) is 9. The molecule has 3 aromatic heterocycles. The Hall–Kier alpha value is -4.12. The van der Waals surface area contributed by atoms with Crippen LogP contribution in [0.2, 0.25) is 5.02 Å². The number of fused-ring (bicyclic) bond motifs is 1. The number of rotatable bonds is 11. The van der Waals surface area contributed by atoms with Crippen LogP contribution >= 0.6 is 22.9 Å². The molecule has 1 amide bonds. The van der Waals surface area contributed by atoms with Gasteiger partial charge in [-0.1, -0.05) is 23.7 Å². The van der Waals surface area contributed by atoms with Crippen molar-refractivity contribution in [3.8, 4) is 0 Å². The van der Waals surface area contributed by atoms with E-state index in [4.69, 9.17) is 16.6 Å². The van der Waals surface area contributed by atoms with Crippen LogP contribution in [0.1, 0.15) is 60.2 Å². The maximum Gasteiger partial charge on any atom is 0.333 e. The quantitative estimate of drug-likeness (QED) is 0.222. The average molecular weight is 717 g/mol. The number of halogens is 4. The van der Waals surface area contributed by atoms with Gasteiger partial charge in [-0.2, -0.15) is 13.9 Å². The molecule has 0 bridgehead atoms. The molecule has 5 heterocycles. The molecule has 2 aliphatic heterocycles. The van der Waals surface area contributed by atoms with E-state index in [1.54, 1.807) is 36.0 Å². The van der Waals surface area contributed by atoms with Crippen LogP contribution in [0.3, 0.4) is 0 Å².